The number of carbonyl (C=O) groups excluding carboxylic acids is 2. The average molecular weight is 288 g/mol. The summed E-state index contributed by atoms with van der Waals surface area (Å²) in [6, 6.07) is 4.49. The predicted molar refractivity (Wildman–Crippen MR) is 55.0 cm³/mol. The molecule has 102 valence electrons. The lowest BCUT2D eigenvalue weighted by atomic mass is 10.2. The molecule has 1 aromatic carbocycles. The molecular weight excluding hydrogens is 279 g/mol. The van der Waals surface area contributed by atoms with Crippen LogP contribution < -0.4 is 0 Å². The molecule has 0 aromatic heterocycles. The molecule has 0 amide bonds. The molecule has 0 heterocycles. The van der Waals surface area contributed by atoms with Crippen molar-refractivity contribution < 1.29 is 30.5 Å². The van der Waals surface area contributed by atoms with Crippen LogP contribution in [0.2, 0.25) is 0 Å². The van der Waals surface area contributed by atoms with Gasteiger partial charge in [0.1, 0.15) is 0 Å². The Bertz CT molecular complexity index is 425. The van der Waals surface area contributed by atoms with Crippen LogP contribution in [0.1, 0.15) is 12.5 Å². The summed E-state index contributed by atoms with van der Waals surface area (Å²) >= 11 is 0. The van der Waals surface area contributed by atoms with E-state index in [1.54, 1.807) is 6.92 Å². The van der Waals surface area contributed by atoms with E-state index in [9.17, 15) is 20.9 Å². The first-order chi connectivity index (χ1) is 8.20. The molecule has 1 rings (SSSR count). The van der Waals surface area contributed by atoms with Crippen molar-refractivity contribution in [3.63, 3.8) is 0 Å². The third-order valence-corrected chi connectivity index (χ3v) is 3.32. The Morgan fingerprint density at radius 3 is 2.11 bits per heavy atom. The number of aryl methyl sites for hydroxylation is 1. The van der Waals surface area contributed by atoms with E-state index < -0.39 is 21.2 Å². The molecule has 0 saturated heterocycles. The molecular formula is C10H9F5O2S. The van der Waals surface area contributed by atoms with Crippen LogP contribution in [0.5, 0.6) is 0 Å². The number of benzene rings is 1. The zero-order chi connectivity index (χ0) is 14.4. The van der Waals surface area contributed by atoms with Crippen LogP contribution in [-0.4, -0.2) is 11.7 Å². The second-order valence-electron chi connectivity index (χ2n) is 3.00. The van der Waals surface area contributed by atoms with Crippen LogP contribution in [0.3, 0.4) is 0 Å². The van der Waals surface area contributed by atoms with Crippen molar-refractivity contribution in [2.24, 2.45) is 0 Å². The fourth-order valence-electron chi connectivity index (χ4n) is 1.06. The van der Waals surface area contributed by atoms with Gasteiger partial charge in [0, 0.05) is 0 Å². The molecule has 0 radical (unpaired) electrons. The van der Waals surface area contributed by atoms with Gasteiger partial charge in [0.15, 0.2) is 10.8 Å². The number of rotatable bonds is 2. The molecule has 0 aliphatic rings. The molecule has 18 heavy (non-hydrogen) atoms. The Morgan fingerprint density at radius 2 is 1.72 bits per heavy atom. The summed E-state index contributed by atoms with van der Waals surface area (Å²) in [5, 5.41) is 0. The van der Waals surface area contributed by atoms with Crippen LogP contribution >= 0.6 is 10.8 Å². The molecule has 0 atom stereocenters. The molecule has 0 aliphatic carbocycles. The van der Waals surface area contributed by atoms with Crippen LogP contribution in [0.25, 0.3) is 0 Å². The molecule has 0 fully saturated rings. The zero-order valence-electron chi connectivity index (χ0n) is 9.13. The first-order valence-electron chi connectivity index (χ1n) is 4.57. The Labute approximate surface area is 102 Å². The van der Waals surface area contributed by atoms with Gasteiger partial charge in [-0.3, -0.25) is 0 Å². The Kier molecular flexibility index (Phi) is 6.00. The highest BCUT2D eigenvalue weighted by molar-refractivity contribution is 8.26. The second kappa shape index (κ2) is 6.51. The van der Waals surface area contributed by atoms with Gasteiger partial charge in [-0.1, -0.05) is 19.1 Å². The van der Waals surface area contributed by atoms with Gasteiger partial charge in [0.2, 0.25) is 0 Å². The minimum absolute atomic E-state index is 0.250. The van der Waals surface area contributed by atoms with Gasteiger partial charge in [0.05, 0.1) is 4.90 Å². The lowest BCUT2D eigenvalue weighted by Gasteiger charge is -2.23. The van der Waals surface area contributed by atoms with E-state index >= 15 is 0 Å². The Hall–Kier alpha value is -1.40. The van der Waals surface area contributed by atoms with Gasteiger partial charge >= 0.3 is 11.7 Å². The largest absolute Gasteiger partial charge is 0.482 e. The van der Waals surface area contributed by atoms with Crippen molar-refractivity contribution in [2.45, 2.75) is 23.7 Å². The molecule has 2 nitrogen and oxygen atoms in total. The maximum absolute atomic E-state index is 12.9. The number of halogens is 5. The normalized spacial score (nSPS) is 12.1. The molecule has 0 aliphatic heterocycles. The number of hydrogen-bond donors (Lipinski definition) is 0. The minimum atomic E-state index is -5.71. The Balaban J connectivity index is 0.000000873. The highest BCUT2D eigenvalue weighted by atomic mass is 32.3. The van der Waals surface area contributed by atoms with Gasteiger partial charge in [-0.25, -0.2) is 0 Å². The van der Waals surface area contributed by atoms with E-state index in [4.69, 9.17) is 9.59 Å². The van der Waals surface area contributed by atoms with Crippen molar-refractivity contribution in [1.29, 1.82) is 0 Å². The summed E-state index contributed by atoms with van der Waals surface area (Å²) < 4.78 is 62.0. The molecule has 8 heteroatoms. The fraction of sp³-hybridized carbons (Fsp3) is 0.300. The fourth-order valence-corrected chi connectivity index (χ4v) is 1.87. The molecule has 0 unspecified atom stereocenters. The molecule has 1 aromatic rings. The Morgan fingerprint density at radius 1 is 1.22 bits per heavy atom. The average Bonchev–Trinajstić information content (AvgIpc) is 2.28. The molecule has 0 spiro atoms. The smallest absolute Gasteiger partial charge is 0.186 e. The standard InChI is InChI=1S/C9H9F5S.CO2/c1-2-7-4-3-5-8(6-7)15(13,14)9(10,11)12;2-1-3/h3-6H,2H2,1H3;. The highest BCUT2D eigenvalue weighted by Crippen LogP contribution is 2.70. The maximum atomic E-state index is 12.9. The van der Waals surface area contributed by atoms with Gasteiger partial charge in [-0.15, -0.1) is 7.77 Å². The van der Waals surface area contributed by atoms with Gasteiger partial charge in [-0.2, -0.15) is 22.8 Å². The van der Waals surface area contributed by atoms with Gasteiger partial charge in [0.25, 0.3) is 0 Å². The molecule has 0 N–H and O–H groups in total. The summed E-state index contributed by atoms with van der Waals surface area (Å²) in [4.78, 5) is 15.3. The number of hydrogen-bond acceptors (Lipinski definition) is 2. The van der Waals surface area contributed by atoms with E-state index in [1.165, 1.54) is 12.1 Å². The van der Waals surface area contributed by atoms with Crippen LogP contribution in [0, 0.1) is 0 Å². The summed E-state index contributed by atoms with van der Waals surface area (Å²) in [5.74, 6) is 0. The summed E-state index contributed by atoms with van der Waals surface area (Å²) in [6.07, 6.45) is 0.682. The third kappa shape index (κ3) is 4.12. The van der Waals surface area contributed by atoms with E-state index in [0.29, 0.717) is 12.0 Å². The topological polar surface area (TPSA) is 34.1 Å². The maximum Gasteiger partial charge on any atom is 0.482 e. The van der Waals surface area contributed by atoms with Crippen LogP contribution in [-0.2, 0) is 16.0 Å². The van der Waals surface area contributed by atoms with Gasteiger partial charge in [-0.05, 0) is 24.1 Å². The first kappa shape index (κ1) is 16.6. The van der Waals surface area contributed by atoms with Crippen molar-refractivity contribution in [3.8, 4) is 0 Å². The van der Waals surface area contributed by atoms with E-state index in [-0.39, 0.29) is 6.15 Å². The summed E-state index contributed by atoms with van der Waals surface area (Å²) in [7, 11) is -5.71. The highest BCUT2D eigenvalue weighted by Gasteiger charge is 2.54. The quantitative estimate of drug-likeness (QED) is 0.767. The van der Waals surface area contributed by atoms with E-state index in [0.717, 1.165) is 12.1 Å². The second-order valence-corrected chi connectivity index (χ2v) is 4.87. The van der Waals surface area contributed by atoms with Crippen molar-refractivity contribution in [2.75, 3.05) is 0 Å². The third-order valence-electron chi connectivity index (χ3n) is 1.89. The number of alkyl halides is 3. The molecule has 0 bridgehead atoms. The summed E-state index contributed by atoms with van der Waals surface area (Å²) in [6.45, 7) is 1.69. The molecule has 0 saturated carbocycles. The minimum Gasteiger partial charge on any atom is -0.186 e. The first-order valence-corrected chi connectivity index (χ1v) is 6.01. The predicted octanol–water partition coefficient (Wildman–Crippen LogP) is 4.12. The monoisotopic (exact) mass is 288 g/mol. The van der Waals surface area contributed by atoms with E-state index in [2.05, 4.69) is 0 Å². The van der Waals surface area contributed by atoms with Crippen LogP contribution in [0.15, 0.2) is 29.2 Å². The zero-order valence-corrected chi connectivity index (χ0v) is 9.95. The van der Waals surface area contributed by atoms with Crippen molar-refractivity contribution >= 4 is 17.0 Å². The lowest BCUT2D eigenvalue weighted by molar-refractivity contribution is -0.191. The van der Waals surface area contributed by atoms with Crippen molar-refractivity contribution in [3.05, 3.63) is 29.8 Å². The van der Waals surface area contributed by atoms with Crippen molar-refractivity contribution in [1.82, 2.24) is 0 Å². The van der Waals surface area contributed by atoms with Crippen LogP contribution in [0.4, 0.5) is 20.9 Å². The van der Waals surface area contributed by atoms with E-state index in [1.807, 2.05) is 0 Å². The van der Waals surface area contributed by atoms with Gasteiger partial charge < -0.3 is 0 Å². The summed E-state index contributed by atoms with van der Waals surface area (Å²) in [5.41, 5.74) is -4.98. The lowest BCUT2D eigenvalue weighted by Crippen LogP contribution is -2.12. The SMILES string of the molecule is CCc1cccc(S(F)(F)C(F)(F)F)c1.O=C=O.